The van der Waals surface area contributed by atoms with Gasteiger partial charge in [0.2, 0.25) is 0 Å². The maximum Gasteiger partial charge on any atom is 0.271 e. The number of carbonyl (C=O) groups is 2. The van der Waals surface area contributed by atoms with Crippen molar-refractivity contribution < 1.29 is 28.2 Å². The van der Waals surface area contributed by atoms with Crippen LogP contribution in [0.2, 0.25) is 0 Å². The van der Waals surface area contributed by atoms with Gasteiger partial charge in [0.05, 0.1) is 44.4 Å². The topological polar surface area (TPSA) is 115 Å². The molecule has 0 aliphatic carbocycles. The quantitative estimate of drug-likeness (QED) is 0.520. The Labute approximate surface area is 226 Å². The normalized spacial score (nSPS) is 18.1. The molecule has 2 aliphatic rings. The van der Waals surface area contributed by atoms with Crippen molar-refractivity contribution in [2.75, 3.05) is 45.8 Å². The van der Waals surface area contributed by atoms with E-state index >= 15 is 0 Å². The average Bonchev–Trinajstić information content (AvgIpc) is 2.94. The van der Waals surface area contributed by atoms with Crippen molar-refractivity contribution in [1.82, 2.24) is 4.90 Å². The number of carbonyl (C=O) groups excluding carboxylic acids is 2. The molecule has 9 nitrogen and oxygen atoms in total. The first-order chi connectivity index (χ1) is 18.9. The minimum absolute atomic E-state index is 0.0650. The van der Waals surface area contributed by atoms with Crippen molar-refractivity contribution in [2.45, 2.75) is 12.8 Å². The van der Waals surface area contributed by atoms with Crippen LogP contribution in [0.15, 0.2) is 71.4 Å². The predicted octanol–water partition coefficient (Wildman–Crippen LogP) is 3.93. The van der Waals surface area contributed by atoms with Crippen molar-refractivity contribution in [3.8, 4) is 11.5 Å². The van der Waals surface area contributed by atoms with Crippen LogP contribution in [-0.2, 0) is 9.53 Å². The van der Waals surface area contributed by atoms with Crippen molar-refractivity contribution in [1.29, 1.82) is 0 Å². The lowest BCUT2D eigenvalue weighted by molar-refractivity contribution is -0.112. The molecule has 0 atom stereocenters. The van der Waals surface area contributed by atoms with Crippen LogP contribution >= 0.6 is 0 Å². The largest absolute Gasteiger partial charge is 0.493 e. The summed E-state index contributed by atoms with van der Waals surface area (Å²) < 4.78 is 30.7. The number of hydrogen-bond donors (Lipinski definition) is 2. The SMILES string of the molecule is COc1ccc(/C2=C/C=C\CCC(C=C(N)C(=O)Nc3ccc(C(=O)N4CCOCC4)c(F)c3)=N2)cc1OC. The highest BCUT2D eigenvalue weighted by molar-refractivity contribution is 6.09. The van der Waals surface area contributed by atoms with E-state index in [1.165, 1.54) is 23.1 Å². The van der Waals surface area contributed by atoms with Gasteiger partial charge in [-0.2, -0.15) is 0 Å². The zero-order chi connectivity index (χ0) is 27.8. The number of anilines is 1. The molecule has 10 heteroatoms. The van der Waals surface area contributed by atoms with Crippen LogP contribution in [-0.4, -0.2) is 62.9 Å². The lowest BCUT2D eigenvalue weighted by atomic mass is 10.1. The first-order valence-corrected chi connectivity index (χ1v) is 12.5. The zero-order valence-electron chi connectivity index (χ0n) is 21.9. The van der Waals surface area contributed by atoms with Gasteiger partial charge in [-0.1, -0.05) is 12.2 Å². The number of nitrogens with two attached hydrogens (primary N) is 1. The van der Waals surface area contributed by atoms with Crippen molar-refractivity contribution in [3.63, 3.8) is 0 Å². The summed E-state index contributed by atoms with van der Waals surface area (Å²) in [5.41, 5.74) is 8.19. The molecule has 3 N–H and O–H groups in total. The molecule has 2 aromatic rings. The van der Waals surface area contributed by atoms with Crippen LogP contribution in [0.1, 0.15) is 28.8 Å². The van der Waals surface area contributed by atoms with Gasteiger partial charge in [-0.05, 0) is 61.4 Å². The third-order valence-electron chi connectivity index (χ3n) is 6.24. The zero-order valence-corrected chi connectivity index (χ0v) is 21.9. The summed E-state index contributed by atoms with van der Waals surface area (Å²) in [6.07, 6.45) is 8.57. The molecule has 2 amide bonds. The highest BCUT2D eigenvalue weighted by Gasteiger charge is 2.22. The molecule has 39 heavy (non-hydrogen) atoms. The van der Waals surface area contributed by atoms with Crippen molar-refractivity contribution >= 4 is 28.9 Å². The summed E-state index contributed by atoms with van der Waals surface area (Å²) in [5.74, 6) is -0.588. The standard InChI is InChI=1S/C29H31FN4O5/c1-37-26-11-8-19(16-27(26)38-2)25-7-5-3-4-6-20(32-25)18-24(31)28(35)33-21-9-10-22(23(30)17-21)29(36)34-12-14-39-15-13-34/h3,5,7-11,16-18H,4,6,12-15,31H2,1-2H3,(H,33,35)/b5-3-,24-18?,25-7-,32-20?. The lowest BCUT2D eigenvalue weighted by Crippen LogP contribution is -2.41. The van der Waals surface area contributed by atoms with Gasteiger partial charge in [-0.3, -0.25) is 14.6 Å². The van der Waals surface area contributed by atoms with Gasteiger partial charge < -0.3 is 30.2 Å². The molecule has 1 saturated heterocycles. The van der Waals surface area contributed by atoms with Gasteiger partial charge in [0.15, 0.2) is 11.5 Å². The number of aliphatic imine (C=N–C) groups is 1. The number of allylic oxidation sites excluding steroid dienone is 4. The summed E-state index contributed by atoms with van der Waals surface area (Å²) in [6.45, 7) is 1.64. The Bertz CT molecular complexity index is 1360. The smallest absolute Gasteiger partial charge is 0.271 e. The molecule has 2 aromatic carbocycles. The van der Waals surface area contributed by atoms with E-state index in [1.807, 2.05) is 30.4 Å². The summed E-state index contributed by atoms with van der Waals surface area (Å²) in [4.78, 5) is 31.7. The number of ether oxygens (including phenoxy) is 3. The number of nitrogens with one attached hydrogen (secondary N) is 1. The van der Waals surface area contributed by atoms with Crippen LogP contribution in [0.25, 0.3) is 5.70 Å². The first kappa shape index (κ1) is 27.6. The molecule has 2 aliphatic heterocycles. The molecule has 204 valence electrons. The summed E-state index contributed by atoms with van der Waals surface area (Å²) in [5, 5.41) is 2.59. The van der Waals surface area contributed by atoms with E-state index in [0.29, 0.717) is 62.1 Å². The molecule has 4 rings (SSSR count). The minimum Gasteiger partial charge on any atom is -0.493 e. The molecule has 0 spiro atoms. The lowest BCUT2D eigenvalue weighted by Gasteiger charge is -2.27. The number of methoxy groups -OCH3 is 2. The summed E-state index contributed by atoms with van der Waals surface area (Å²) >= 11 is 0. The van der Waals surface area contributed by atoms with Gasteiger partial charge in [-0.15, -0.1) is 0 Å². The van der Waals surface area contributed by atoms with Crippen LogP contribution in [0.3, 0.4) is 0 Å². The monoisotopic (exact) mass is 534 g/mol. The summed E-state index contributed by atoms with van der Waals surface area (Å²) in [7, 11) is 3.13. The molecule has 0 aromatic heterocycles. The summed E-state index contributed by atoms with van der Waals surface area (Å²) in [6, 6.07) is 9.42. The molecular weight excluding hydrogens is 503 g/mol. The van der Waals surface area contributed by atoms with Crippen molar-refractivity contribution in [3.05, 3.63) is 83.3 Å². The number of nitrogens with zero attached hydrogens (tertiary/aromatic N) is 2. The van der Waals surface area contributed by atoms with Gasteiger partial charge in [0.25, 0.3) is 11.8 Å². The average molecular weight is 535 g/mol. The van der Waals surface area contributed by atoms with Gasteiger partial charge in [0, 0.05) is 30.1 Å². The number of rotatable bonds is 7. The van der Waals surface area contributed by atoms with E-state index in [4.69, 9.17) is 24.9 Å². The Balaban J connectivity index is 1.49. The number of benzene rings is 2. The van der Waals surface area contributed by atoms with E-state index in [1.54, 1.807) is 20.3 Å². The second-order valence-corrected chi connectivity index (χ2v) is 8.84. The maximum absolute atomic E-state index is 14.7. The van der Waals surface area contributed by atoms with E-state index in [9.17, 15) is 14.0 Å². The van der Waals surface area contributed by atoms with Crippen LogP contribution in [0, 0.1) is 5.82 Å². The predicted molar refractivity (Wildman–Crippen MR) is 147 cm³/mol. The minimum atomic E-state index is -0.729. The van der Waals surface area contributed by atoms with E-state index in [2.05, 4.69) is 5.32 Å². The highest BCUT2D eigenvalue weighted by atomic mass is 19.1. The fourth-order valence-corrected chi connectivity index (χ4v) is 4.15. The van der Waals surface area contributed by atoms with E-state index in [-0.39, 0.29) is 16.9 Å². The Morgan fingerprint density at radius 3 is 2.59 bits per heavy atom. The Hall–Kier alpha value is -4.44. The number of amides is 2. The third-order valence-corrected chi connectivity index (χ3v) is 6.24. The molecule has 2 heterocycles. The van der Waals surface area contributed by atoms with Gasteiger partial charge >= 0.3 is 0 Å². The molecule has 0 unspecified atom stereocenters. The number of halogens is 1. The molecule has 1 fully saturated rings. The van der Waals surface area contributed by atoms with E-state index in [0.717, 1.165) is 11.6 Å². The van der Waals surface area contributed by atoms with Gasteiger partial charge in [-0.25, -0.2) is 4.39 Å². The molecular formula is C29H31FN4O5. The second kappa shape index (κ2) is 12.9. The van der Waals surface area contributed by atoms with Crippen LogP contribution < -0.4 is 20.5 Å². The second-order valence-electron chi connectivity index (χ2n) is 8.84. The maximum atomic E-state index is 14.7. The van der Waals surface area contributed by atoms with Gasteiger partial charge in [0.1, 0.15) is 5.82 Å². The molecule has 0 radical (unpaired) electrons. The van der Waals surface area contributed by atoms with Crippen molar-refractivity contribution in [2.24, 2.45) is 10.7 Å². The fourth-order valence-electron chi connectivity index (χ4n) is 4.15. The Morgan fingerprint density at radius 1 is 1.10 bits per heavy atom. The fraction of sp³-hybridized carbons (Fsp3) is 0.276. The molecule has 0 saturated carbocycles. The highest BCUT2D eigenvalue weighted by Crippen LogP contribution is 2.31. The van der Waals surface area contributed by atoms with Crippen LogP contribution in [0.4, 0.5) is 10.1 Å². The van der Waals surface area contributed by atoms with Crippen LogP contribution in [0.5, 0.6) is 11.5 Å². The third kappa shape index (κ3) is 6.91. The Kier molecular flexibility index (Phi) is 9.11. The first-order valence-electron chi connectivity index (χ1n) is 12.5. The Morgan fingerprint density at radius 2 is 1.87 bits per heavy atom. The van der Waals surface area contributed by atoms with E-state index < -0.39 is 17.6 Å². The number of hydrogen-bond acceptors (Lipinski definition) is 7. The number of morpholine rings is 1. The molecule has 0 bridgehead atoms.